The van der Waals surface area contributed by atoms with Crippen molar-refractivity contribution in [3.8, 4) is 0 Å². The summed E-state index contributed by atoms with van der Waals surface area (Å²) in [7, 11) is 0. The van der Waals surface area contributed by atoms with E-state index in [1.165, 1.54) is 5.39 Å². The lowest BCUT2D eigenvalue weighted by molar-refractivity contribution is 0.260. The summed E-state index contributed by atoms with van der Waals surface area (Å²) in [6, 6.07) is 18.5. The molecule has 0 bridgehead atoms. The monoisotopic (exact) mass is 385 g/mol. The molecule has 1 saturated heterocycles. The van der Waals surface area contributed by atoms with Crippen LogP contribution in [-0.4, -0.2) is 42.6 Å². The zero-order valence-electron chi connectivity index (χ0n) is 14.5. The first-order chi connectivity index (χ1) is 12.7. The summed E-state index contributed by atoms with van der Waals surface area (Å²) in [6.45, 7) is 5.15. The van der Waals surface area contributed by atoms with Gasteiger partial charge >= 0.3 is 0 Å². The van der Waals surface area contributed by atoms with Crippen molar-refractivity contribution in [2.45, 2.75) is 6.42 Å². The minimum Gasteiger partial charge on any atom is -0.369 e. The van der Waals surface area contributed by atoms with Crippen LogP contribution in [0.1, 0.15) is 5.69 Å². The SMILES string of the molecule is Clc1ccc(N2CCN(CCc3ccc4ccccc4n3)CC2)cc1Cl. The van der Waals surface area contributed by atoms with Gasteiger partial charge < -0.3 is 4.90 Å². The molecular formula is C21H21Cl2N3. The maximum atomic E-state index is 6.14. The minimum atomic E-state index is 0.608. The second kappa shape index (κ2) is 7.83. The number of para-hydroxylation sites is 1. The van der Waals surface area contributed by atoms with Crippen LogP contribution in [0.15, 0.2) is 54.6 Å². The molecular weight excluding hydrogens is 365 g/mol. The number of pyridine rings is 1. The zero-order chi connectivity index (χ0) is 17.9. The number of aromatic nitrogens is 1. The van der Waals surface area contributed by atoms with E-state index >= 15 is 0 Å². The number of piperazine rings is 1. The van der Waals surface area contributed by atoms with Crippen molar-refractivity contribution in [1.82, 2.24) is 9.88 Å². The Balaban J connectivity index is 1.32. The van der Waals surface area contributed by atoms with E-state index in [1.54, 1.807) is 0 Å². The number of anilines is 1. The number of benzene rings is 2. The lowest BCUT2D eigenvalue weighted by Gasteiger charge is -2.36. The fraction of sp³-hybridized carbons (Fsp3) is 0.286. The van der Waals surface area contributed by atoms with E-state index in [-0.39, 0.29) is 0 Å². The number of nitrogens with zero attached hydrogens (tertiary/aromatic N) is 3. The second-order valence-corrected chi connectivity index (χ2v) is 7.49. The van der Waals surface area contributed by atoms with Crippen molar-refractivity contribution in [1.29, 1.82) is 0 Å². The highest BCUT2D eigenvalue weighted by molar-refractivity contribution is 6.42. The Morgan fingerprint density at radius 3 is 2.46 bits per heavy atom. The second-order valence-electron chi connectivity index (χ2n) is 6.67. The van der Waals surface area contributed by atoms with E-state index < -0.39 is 0 Å². The van der Waals surface area contributed by atoms with Gasteiger partial charge in [0.25, 0.3) is 0 Å². The number of hydrogen-bond acceptors (Lipinski definition) is 3. The molecule has 0 aliphatic carbocycles. The third-order valence-electron chi connectivity index (χ3n) is 4.98. The fourth-order valence-corrected chi connectivity index (χ4v) is 3.72. The first-order valence-electron chi connectivity index (χ1n) is 8.96. The van der Waals surface area contributed by atoms with E-state index in [1.807, 2.05) is 24.3 Å². The molecule has 0 radical (unpaired) electrons. The summed E-state index contributed by atoms with van der Waals surface area (Å²) < 4.78 is 0. The van der Waals surface area contributed by atoms with E-state index in [0.29, 0.717) is 10.0 Å². The van der Waals surface area contributed by atoms with Crippen molar-refractivity contribution in [3.63, 3.8) is 0 Å². The van der Waals surface area contributed by atoms with Crippen molar-refractivity contribution in [2.75, 3.05) is 37.6 Å². The van der Waals surface area contributed by atoms with Crippen LogP contribution in [0.25, 0.3) is 10.9 Å². The van der Waals surface area contributed by atoms with Crippen molar-refractivity contribution >= 4 is 39.8 Å². The van der Waals surface area contributed by atoms with Crippen LogP contribution >= 0.6 is 23.2 Å². The highest BCUT2D eigenvalue weighted by Gasteiger charge is 2.17. The van der Waals surface area contributed by atoms with E-state index in [4.69, 9.17) is 28.2 Å². The Morgan fingerprint density at radius 1 is 0.846 bits per heavy atom. The van der Waals surface area contributed by atoms with Crippen LogP contribution in [0.3, 0.4) is 0 Å². The largest absolute Gasteiger partial charge is 0.369 e. The molecule has 0 unspecified atom stereocenters. The number of hydrogen-bond donors (Lipinski definition) is 0. The minimum absolute atomic E-state index is 0.608. The number of rotatable bonds is 4. The number of fused-ring (bicyclic) bond motifs is 1. The lowest BCUT2D eigenvalue weighted by Crippen LogP contribution is -2.47. The molecule has 0 atom stereocenters. The summed E-state index contributed by atoms with van der Waals surface area (Å²) in [5.74, 6) is 0. The molecule has 1 aromatic heterocycles. The van der Waals surface area contributed by atoms with Crippen LogP contribution in [0.5, 0.6) is 0 Å². The molecule has 1 aliphatic heterocycles. The molecule has 3 aromatic rings. The highest BCUT2D eigenvalue weighted by atomic mass is 35.5. The van der Waals surface area contributed by atoms with E-state index in [2.05, 4.69) is 40.1 Å². The summed E-state index contributed by atoms with van der Waals surface area (Å²) in [5, 5.41) is 2.43. The van der Waals surface area contributed by atoms with Gasteiger partial charge in [-0.15, -0.1) is 0 Å². The molecule has 4 rings (SSSR count). The smallest absolute Gasteiger partial charge is 0.0705 e. The third-order valence-corrected chi connectivity index (χ3v) is 5.72. The van der Waals surface area contributed by atoms with Gasteiger partial charge in [0.1, 0.15) is 0 Å². The molecule has 0 saturated carbocycles. The lowest BCUT2D eigenvalue weighted by atomic mass is 10.1. The molecule has 0 N–H and O–H groups in total. The summed E-state index contributed by atoms with van der Waals surface area (Å²) in [6.07, 6.45) is 0.984. The van der Waals surface area contributed by atoms with E-state index in [9.17, 15) is 0 Å². The molecule has 0 amide bonds. The summed E-state index contributed by atoms with van der Waals surface area (Å²) in [5.41, 5.74) is 3.39. The zero-order valence-corrected chi connectivity index (χ0v) is 16.0. The third kappa shape index (κ3) is 3.96. The van der Waals surface area contributed by atoms with Gasteiger partial charge in [-0.05, 0) is 30.3 Å². The quantitative estimate of drug-likeness (QED) is 0.636. The average Bonchev–Trinajstić information content (AvgIpc) is 2.69. The van der Waals surface area contributed by atoms with Crippen LogP contribution in [0.2, 0.25) is 10.0 Å². The van der Waals surface area contributed by atoms with Crippen molar-refractivity contribution in [2.24, 2.45) is 0 Å². The molecule has 3 nitrogen and oxygen atoms in total. The van der Waals surface area contributed by atoms with E-state index in [0.717, 1.165) is 56.0 Å². The predicted octanol–water partition coefficient (Wildman–Crippen LogP) is 4.91. The maximum Gasteiger partial charge on any atom is 0.0705 e. The molecule has 0 spiro atoms. The Morgan fingerprint density at radius 2 is 1.65 bits per heavy atom. The highest BCUT2D eigenvalue weighted by Crippen LogP contribution is 2.27. The van der Waals surface area contributed by atoms with Crippen molar-refractivity contribution < 1.29 is 0 Å². The standard InChI is InChI=1S/C21H21Cl2N3/c22-19-8-7-18(15-20(19)23)26-13-11-25(12-14-26)10-9-17-6-5-16-3-1-2-4-21(16)24-17/h1-8,15H,9-14H2. The molecule has 5 heteroatoms. The fourth-order valence-electron chi connectivity index (χ4n) is 3.43. The van der Waals surface area contributed by atoms with Gasteiger partial charge in [0.2, 0.25) is 0 Å². The first-order valence-corrected chi connectivity index (χ1v) is 9.72. The normalized spacial score (nSPS) is 15.5. The Labute approximate surface area is 164 Å². The van der Waals surface area contributed by atoms with Gasteiger partial charge in [0, 0.05) is 55.9 Å². The van der Waals surface area contributed by atoms with Crippen LogP contribution in [0, 0.1) is 0 Å². The van der Waals surface area contributed by atoms with Gasteiger partial charge in [0.05, 0.1) is 15.6 Å². The average molecular weight is 386 g/mol. The molecule has 2 heterocycles. The number of halogens is 2. The molecule has 134 valence electrons. The predicted molar refractivity (Wildman–Crippen MR) is 111 cm³/mol. The Kier molecular flexibility index (Phi) is 5.30. The van der Waals surface area contributed by atoms with Crippen LogP contribution < -0.4 is 4.90 Å². The van der Waals surface area contributed by atoms with Crippen molar-refractivity contribution in [3.05, 3.63) is 70.3 Å². The van der Waals surface area contributed by atoms with Gasteiger partial charge in [-0.1, -0.05) is 47.5 Å². The molecule has 1 fully saturated rings. The summed E-state index contributed by atoms with van der Waals surface area (Å²) >= 11 is 12.2. The Hall–Kier alpha value is -1.81. The molecule has 1 aliphatic rings. The summed E-state index contributed by atoms with van der Waals surface area (Å²) in [4.78, 5) is 9.65. The topological polar surface area (TPSA) is 19.4 Å². The first kappa shape index (κ1) is 17.6. The van der Waals surface area contributed by atoms with Crippen LogP contribution in [-0.2, 0) is 6.42 Å². The van der Waals surface area contributed by atoms with Gasteiger partial charge in [0.15, 0.2) is 0 Å². The van der Waals surface area contributed by atoms with Gasteiger partial charge in [-0.3, -0.25) is 9.88 Å². The van der Waals surface area contributed by atoms with Crippen LogP contribution in [0.4, 0.5) is 5.69 Å². The van der Waals surface area contributed by atoms with Gasteiger partial charge in [-0.2, -0.15) is 0 Å². The molecule has 26 heavy (non-hydrogen) atoms. The molecule has 2 aromatic carbocycles. The van der Waals surface area contributed by atoms with Gasteiger partial charge in [-0.25, -0.2) is 0 Å². The maximum absolute atomic E-state index is 6.14. The Bertz CT molecular complexity index is 905.